The molecular formula is C22H16N4O7. The third-order valence-corrected chi connectivity index (χ3v) is 4.89. The van der Waals surface area contributed by atoms with Crippen molar-refractivity contribution in [2.24, 2.45) is 0 Å². The summed E-state index contributed by atoms with van der Waals surface area (Å²) in [6.07, 6.45) is 1.38. The predicted octanol–water partition coefficient (Wildman–Crippen LogP) is 2.35. The maximum absolute atomic E-state index is 12.6. The van der Waals surface area contributed by atoms with Crippen LogP contribution < -0.4 is 10.6 Å². The summed E-state index contributed by atoms with van der Waals surface area (Å²) >= 11 is 0. The quantitative estimate of drug-likeness (QED) is 0.320. The first kappa shape index (κ1) is 21.4. The number of nitrogens with zero attached hydrogens (tertiary/aromatic N) is 2. The van der Waals surface area contributed by atoms with Gasteiger partial charge in [-0.3, -0.25) is 34.2 Å². The van der Waals surface area contributed by atoms with E-state index in [-0.39, 0.29) is 23.4 Å². The molecule has 166 valence electrons. The van der Waals surface area contributed by atoms with Gasteiger partial charge in [0.15, 0.2) is 5.76 Å². The van der Waals surface area contributed by atoms with Crippen LogP contribution in [0.1, 0.15) is 36.8 Å². The van der Waals surface area contributed by atoms with Gasteiger partial charge < -0.3 is 15.1 Å². The summed E-state index contributed by atoms with van der Waals surface area (Å²) in [6, 6.07) is 13.6. The van der Waals surface area contributed by atoms with Gasteiger partial charge in [0.25, 0.3) is 23.4 Å². The molecule has 4 amide bonds. The number of hydrogen-bond acceptors (Lipinski definition) is 7. The Hall–Kier alpha value is -4.80. The maximum atomic E-state index is 12.6. The van der Waals surface area contributed by atoms with Crippen LogP contribution in [0.25, 0.3) is 0 Å². The summed E-state index contributed by atoms with van der Waals surface area (Å²) in [4.78, 5) is 60.6. The van der Waals surface area contributed by atoms with E-state index in [9.17, 15) is 29.3 Å². The first-order valence-electron chi connectivity index (χ1n) is 9.69. The molecule has 33 heavy (non-hydrogen) atoms. The molecule has 1 aliphatic rings. The molecule has 11 nitrogen and oxygen atoms in total. The largest absolute Gasteiger partial charge is 0.459 e. The number of furan rings is 1. The summed E-state index contributed by atoms with van der Waals surface area (Å²) in [6.45, 7) is -0.523. The Morgan fingerprint density at radius 2 is 1.82 bits per heavy atom. The van der Waals surface area contributed by atoms with Gasteiger partial charge in [-0.2, -0.15) is 0 Å². The fourth-order valence-electron chi connectivity index (χ4n) is 3.37. The van der Waals surface area contributed by atoms with Crippen molar-refractivity contribution in [3.05, 3.63) is 93.4 Å². The number of carbonyl (C=O) groups excluding carboxylic acids is 4. The van der Waals surface area contributed by atoms with Crippen LogP contribution in [0.15, 0.2) is 65.3 Å². The SMILES string of the molecule is O=C(CN1C(=O)c2cccc([N+](=O)[O-])c2C1=O)NCc1cccc(NC(=O)c2ccco2)c1. The monoisotopic (exact) mass is 448 g/mol. The molecular weight excluding hydrogens is 432 g/mol. The Labute approximate surface area is 186 Å². The molecule has 0 spiro atoms. The highest BCUT2D eigenvalue weighted by Gasteiger charge is 2.41. The van der Waals surface area contributed by atoms with Gasteiger partial charge in [0.05, 0.1) is 16.7 Å². The van der Waals surface area contributed by atoms with Crippen LogP contribution in [0.2, 0.25) is 0 Å². The van der Waals surface area contributed by atoms with Crippen molar-refractivity contribution in [1.82, 2.24) is 10.2 Å². The molecule has 1 aliphatic heterocycles. The third-order valence-electron chi connectivity index (χ3n) is 4.89. The van der Waals surface area contributed by atoms with Crippen molar-refractivity contribution in [2.75, 3.05) is 11.9 Å². The van der Waals surface area contributed by atoms with Crippen LogP contribution in [0, 0.1) is 10.1 Å². The Bertz CT molecular complexity index is 1280. The van der Waals surface area contributed by atoms with E-state index >= 15 is 0 Å². The average Bonchev–Trinajstić information content (AvgIpc) is 3.42. The second kappa shape index (κ2) is 8.75. The molecule has 0 radical (unpaired) electrons. The Balaban J connectivity index is 1.38. The van der Waals surface area contributed by atoms with Gasteiger partial charge in [-0.15, -0.1) is 0 Å². The molecule has 1 aromatic heterocycles. The highest BCUT2D eigenvalue weighted by atomic mass is 16.6. The van der Waals surface area contributed by atoms with Gasteiger partial charge in [0, 0.05) is 18.3 Å². The lowest BCUT2D eigenvalue weighted by atomic mass is 10.1. The zero-order valence-electron chi connectivity index (χ0n) is 16.9. The van der Waals surface area contributed by atoms with Gasteiger partial charge in [0.2, 0.25) is 5.91 Å². The Morgan fingerprint density at radius 1 is 1.03 bits per heavy atom. The van der Waals surface area contributed by atoms with Gasteiger partial charge in [-0.05, 0) is 35.9 Å². The van der Waals surface area contributed by atoms with E-state index < -0.39 is 40.8 Å². The lowest BCUT2D eigenvalue weighted by molar-refractivity contribution is -0.385. The van der Waals surface area contributed by atoms with Gasteiger partial charge in [-0.1, -0.05) is 18.2 Å². The van der Waals surface area contributed by atoms with E-state index in [4.69, 9.17) is 4.42 Å². The molecule has 0 aliphatic carbocycles. The van der Waals surface area contributed by atoms with Crippen molar-refractivity contribution >= 4 is 35.0 Å². The average molecular weight is 448 g/mol. The molecule has 2 N–H and O–H groups in total. The van der Waals surface area contributed by atoms with Gasteiger partial charge in [-0.25, -0.2) is 0 Å². The van der Waals surface area contributed by atoms with E-state index in [0.717, 1.165) is 6.07 Å². The molecule has 2 heterocycles. The van der Waals surface area contributed by atoms with E-state index in [1.807, 2.05) is 0 Å². The fraction of sp³-hybridized carbons (Fsp3) is 0.0909. The third kappa shape index (κ3) is 4.32. The second-order valence-corrected chi connectivity index (χ2v) is 7.06. The molecule has 0 saturated carbocycles. The number of nitrogens with one attached hydrogen (secondary N) is 2. The smallest absolute Gasteiger partial charge is 0.291 e. The van der Waals surface area contributed by atoms with Crippen LogP contribution >= 0.6 is 0 Å². The predicted molar refractivity (Wildman–Crippen MR) is 113 cm³/mol. The summed E-state index contributed by atoms with van der Waals surface area (Å²) < 4.78 is 5.04. The summed E-state index contributed by atoms with van der Waals surface area (Å²) in [5.41, 5.74) is 0.221. The van der Waals surface area contributed by atoms with Crippen molar-refractivity contribution in [2.45, 2.75) is 6.54 Å². The van der Waals surface area contributed by atoms with Crippen LogP contribution in [0.5, 0.6) is 0 Å². The lowest BCUT2D eigenvalue weighted by Crippen LogP contribution is -2.40. The maximum Gasteiger partial charge on any atom is 0.291 e. The first-order valence-corrected chi connectivity index (χ1v) is 9.69. The molecule has 0 fully saturated rings. The number of imide groups is 1. The standard InChI is InChI=1S/C22H16N4O7/c27-18(12-25-21(29)15-6-2-7-16(26(31)32)19(15)22(25)30)23-11-13-4-1-5-14(10-13)24-20(28)17-8-3-9-33-17/h1-10H,11-12H2,(H,23,27)(H,24,28). The van der Waals surface area contributed by atoms with Crippen molar-refractivity contribution in [1.29, 1.82) is 0 Å². The van der Waals surface area contributed by atoms with Crippen molar-refractivity contribution in [3.63, 3.8) is 0 Å². The van der Waals surface area contributed by atoms with Gasteiger partial charge >= 0.3 is 0 Å². The van der Waals surface area contributed by atoms with Crippen LogP contribution in [-0.2, 0) is 11.3 Å². The van der Waals surface area contributed by atoms with E-state index in [0.29, 0.717) is 16.2 Å². The zero-order chi connectivity index (χ0) is 23.5. The second-order valence-electron chi connectivity index (χ2n) is 7.06. The molecule has 0 saturated heterocycles. The number of carbonyl (C=O) groups is 4. The number of nitro benzene ring substituents is 1. The molecule has 3 aromatic rings. The van der Waals surface area contributed by atoms with Crippen LogP contribution in [0.3, 0.4) is 0 Å². The molecule has 4 rings (SSSR count). The van der Waals surface area contributed by atoms with E-state index in [2.05, 4.69) is 10.6 Å². The number of anilines is 1. The lowest BCUT2D eigenvalue weighted by Gasteiger charge is -2.14. The summed E-state index contributed by atoms with van der Waals surface area (Å²) in [5, 5.41) is 16.4. The van der Waals surface area contributed by atoms with Crippen molar-refractivity contribution < 1.29 is 28.5 Å². The Morgan fingerprint density at radius 3 is 2.55 bits per heavy atom. The molecule has 0 atom stereocenters. The topological polar surface area (TPSA) is 152 Å². The highest BCUT2D eigenvalue weighted by molar-refractivity contribution is 6.24. The fourth-order valence-corrected chi connectivity index (χ4v) is 3.37. The highest BCUT2D eigenvalue weighted by Crippen LogP contribution is 2.30. The van der Waals surface area contributed by atoms with Crippen molar-refractivity contribution in [3.8, 4) is 0 Å². The van der Waals surface area contributed by atoms with Crippen LogP contribution in [0.4, 0.5) is 11.4 Å². The molecule has 11 heteroatoms. The summed E-state index contributed by atoms with van der Waals surface area (Å²) in [7, 11) is 0. The molecule has 0 bridgehead atoms. The normalized spacial score (nSPS) is 12.4. The Kier molecular flexibility index (Phi) is 5.68. The van der Waals surface area contributed by atoms with E-state index in [1.165, 1.54) is 24.5 Å². The minimum absolute atomic E-state index is 0.0621. The summed E-state index contributed by atoms with van der Waals surface area (Å²) in [5.74, 6) is -2.57. The number of rotatable bonds is 7. The first-order chi connectivity index (χ1) is 15.8. The minimum Gasteiger partial charge on any atom is -0.459 e. The zero-order valence-corrected chi connectivity index (χ0v) is 16.9. The molecule has 2 aromatic carbocycles. The number of amides is 4. The van der Waals surface area contributed by atoms with E-state index in [1.54, 1.807) is 30.3 Å². The van der Waals surface area contributed by atoms with Crippen LogP contribution in [-0.4, -0.2) is 40.0 Å². The number of hydrogen-bond donors (Lipinski definition) is 2. The van der Waals surface area contributed by atoms with Gasteiger partial charge in [0.1, 0.15) is 12.1 Å². The minimum atomic E-state index is -0.889. The number of fused-ring (bicyclic) bond motifs is 1. The number of nitro groups is 1. The number of benzene rings is 2. The molecule has 0 unspecified atom stereocenters.